The maximum atomic E-state index is 11.8. The largest absolute Gasteiger partial charge is 0.383 e. The lowest BCUT2D eigenvalue weighted by molar-refractivity contribution is 0.111. The first-order chi connectivity index (χ1) is 10.7. The minimum Gasteiger partial charge on any atom is -0.383 e. The number of ether oxygens (including phenoxy) is 2. The molecule has 0 aliphatic rings. The molecule has 2 aromatic rings. The number of rotatable bonds is 9. The summed E-state index contributed by atoms with van der Waals surface area (Å²) in [6.07, 6.45) is 1.72. The van der Waals surface area contributed by atoms with E-state index in [1.165, 1.54) is 11.3 Å². The molecular formula is C15H21N3O3S. The maximum absolute atomic E-state index is 11.8. The average Bonchev–Trinajstić information content (AvgIpc) is 2.91. The molecule has 0 amide bonds. The van der Waals surface area contributed by atoms with Crippen LogP contribution in [0.3, 0.4) is 0 Å². The van der Waals surface area contributed by atoms with Crippen LogP contribution in [0.1, 0.15) is 4.88 Å². The van der Waals surface area contributed by atoms with Crippen LogP contribution < -0.4 is 4.87 Å². The summed E-state index contributed by atoms with van der Waals surface area (Å²) in [4.78, 5) is 22.1. The van der Waals surface area contributed by atoms with Crippen molar-refractivity contribution in [1.29, 1.82) is 0 Å². The molecule has 0 aliphatic carbocycles. The Balaban J connectivity index is 2.18. The minimum absolute atomic E-state index is 0.0610. The van der Waals surface area contributed by atoms with E-state index in [-0.39, 0.29) is 4.87 Å². The van der Waals surface area contributed by atoms with E-state index < -0.39 is 0 Å². The number of thiazole rings is 1. The summed E-state index contributed by atoms with van der Waals surface area (Å²) in [6, 6.07) is 5.67. The average molecular weight is 323 g/mol. The van der Waals surface area contributed by atoms with Crippen LogP contribution in [0.2, 0.25) is 0 Å². The molecule has 2 rings (SSSR count). The van der Waals surface area contributed by atoms with Crippen LogP contribution in [0, 0.1) is 0 Å². The van der Waals surface area contributed by atoms with Crippen LogP contribution >= 0.6 is 11.3 Å². The highest BCUT2D eigenvalue weighted by Gasteiger charge is 2.15. The smallest absolute Gasteiger partial charge is 0.305 e. The van der Waals surface area contributed by atoms with E-state index in [0.717, 1.165) is 29.4 Å². The van der Waals surface area contributed by atoms with Gasteiger partial charge >= 0.3 is 4.87 Å². The van der Waals surface area contributed by atoms with Crippen molar-refractivity contribution in [2.45, 2.75) is 6.54 Å². The van der Waals surface area contributed by atoms with Crippen molar-refractivity contribution in [3.8, 4) is 11.4 Å². The first-order valence-corrected chi connectivity index (χ1v) is 7.90. The molecular weight excluding hydrogens is 302 g/mol. The summed E-state index contributed by atoms with van der Waals surface area (Å²) in [5.74, 6) is 0. The molecule has 0 unspecified atom stereocenters. The van der Waals surface area contributed by atoms with Crippen molar-refractivity contribution < 1.29 is 9.47 Å². The lowest BCUT2D eigenvalue weighted by Gasteiger charge is -2.21. The van der Waals surface area contributed by atoms with E-state index in [1.54, 1.807) is 20.4 Å². The topological polar surface area (TPSA) is 67.5 Å². The Morgan fingerprint density at radius 3 is 2.55 bits per heavy atom. The first kappa shape index (κ1) is 16.8. The number of pyridine rings is 1. The molecule has 0 aliphatic heterocycles. The first-order valence-electron chi connectivity index (χ1n) is 7.08. The number of H-pyrrole nitrogens is 1. The van der Waals surface area contributed by atoms with Crippen LogP contribution in [-0.4, -0.2) is 55.4 Å². The molecule has 0 saturated heterocycles. The van der Waals surface area contributed by atoms with E-state index in [4.69, 9.17) is 9.47 Å². The van der Waals surface area contributed by atoms with Crippen LogP contribution in [0.25, 0.3) is 11.4 Å². The number of aromatic nitrogens is 2. The minimum atomic E-state index is -0.0610. The van der Waals surface area contributed by atoms with Crippen molar-refractivity contribution in [2.75, 3.05) is 40.5 Å². The highest BCUT2D eigenvalue weighted by molar-refractivity contribution is 7.09. The third-order valence-corrected chi connectivity index (χ3v) is 4.10. The van der Waals surface area contributed by atoms with Gasteiger partial charge in [0, 0.05) is 44.9 Å². The molecule has 22 heavy (non-hydrogen) atoms. The van der Waals surface area contributed by atoms with Gasteiger partial charge in [0.25, 0.3) is 0 Å². The zero-order valence-corrected chi connectivity index (χ0v) is 13.7. The summed E-state index contributed by atoms with van der Waals surface area (Å²) >= 11 is 1.23. The number of nitrogens with zero attached hydrogens (tertiary/aromatic N) is 2. The maximum Gasteiger partial charge on any atom is 0.305 e. The predicted octanol–water partition coefficient (Wildman–Crippen LogP) is 1.59. The number of hydrogen-bond donors (Lipinski definition) is 1. The van der Waals surface area contributed by atoms with Gasteiger partial charge in [-0.3, -0.25) is 14.7 Å². The molecule has 0 aromatic carbocycles. The highest BCUT2D eigenvalue weighted by Crippen LogP contribution is 2.22. The van der Waals surface area contributed by atoms with Crippen molar-refractivity contribution in [3.63, 3.8) is 0 Å². The van der Waals surface area contributed by atoms with Gasteiger partial charge in [-0.2, -0.15) is 0 Å². The van der Waals surface area contributed by atoms with Gasteiger partial charge in [0.1, 0.15) is 0 Å². The zero-order chi connectivity index (χ0) is 15.8. The predicted molar refractivity (Wildman–Crippen MR) is 87.2 cm³/mol. The molecule has 1 N–H and O–H groups in total. The SMILES string of the molecule is COCCN(CCOC)Cc1sc(=O)[nH]c1-c1ccccn1. The Kier molecular flexibility index (Phi) is 6.73. The van der Waals surface area contributed by atoms with Crippen LogP contribution in [-0.2, 0) is 16.0 Å². The van der Waals surface area contributed by atoms with Crippen molar-refractivity contribution >= 4 is 11.3 Å². The molecule has 0 fully saturated rings. The quantitative estimate of drug-likeness (QED) is 0.759. The number of nitrogens with one attached hydrogen (secondary N) is 1. The van der Waals surface area contributed by atoms with E-state index >= 15 is 0 Å². The molecule has 2 heterocycles. The van der Waals surface area contributed by atoms with Gasteiger partial charge in [-0.1, -0.05) is 17.4 Å². The molecule has 2 aromatic heterocycles. The third-order valence-electron chi connectivity index (χ3n) is 3.23. The summed E-state index contributed by atoms with van der Waals surface area (Å²) in [5.41, 5.74) is 1.59. The molecule has 0 bridgehead atoms. The standard InChI is InChI=1S/C15H21N3O3S/c1-20-9-7-18(8-10-21-2)11-13-14(17-15(19)22-13)12-5-3-4-6-16-12/h3-6H,7-11H2,1-2H3,(H,17,19). The van der Waals surface area contributed by atoms with Gasteiger partial charge in [0.05, 0.1) is 24.6 Å². The molecule has 6 nitrogen and oxygen atoms in total. The fourth-order valence-electron chi connectivity index (χ4n) is 2.10. The number of methoxy groups -OCH3 is 2. The second-order valence-electron chi connectivity index (χ2n) is 4.79. The Bertz CT molecular complexity index is 604. The van der Waals surface area contributed by atoms with Crippen LogP contribution in [0.15, 0.2) is 29.2 Å². The summed E-state index contributed by atoms with van der Waals surface area (Å²) in [5, 5.41) is 0. The van der Waals surface area contributed by atoms with Crippen LogP contribution in [0.5, 0.6) is 0 Å². The highest BCUT2D eigenvalue weighted by atomic mass is 32.1. The number of hydrogen-bond acceptors (Lipinski definition) is 6. The monoisotopic (exact) mass is 323 g/mol. The lowest BCUT2D eigenvalue weighted by atomic mass is 10.2. The van der Waals surface area contributed by atoms with Crippen molar-refractivity contribution in [1.82, 2.24) is 14.9 Å². The van der Waals surface area contributed by atoms with Gasteiger partial charge in [-0.05, 0) is 12.1 Å². The van der Waals surface area contributed by atoms with Gasteiger partial charge < -0.3 is 14.5 Å². The van der Waals surface area contributed by atoms with Gasteiger partial charge in [0.15, 0.2) is 0 Å². The zero-order valence-electron chi connectivity index (χ0n) is 12.9. The fraction of sp³-hybridized carbons (Fsp3) is 0.467. The van der Waals surface area contributed by atoms with Gasteiger partial charge in [-0.25, -0.2) is 0 Å². The second kappa shape index (κ2) is 8.79. The summed E-state index contributed by atoms with van der Waals surface area (Å²) < 4.78 is 10.3. The Hall–Kier alpha value is -1.54. The van der Waals surface area contributed by atoms with E-state index in [1.807, 2.05) is 18.2 Å². The van der Waals surface area contributed by atoms with Gasteiger partial charge in [-0.15, -0.1) is 0 Å². The van der Waals surface area contributed by atoms with Crippen LogP contribution in [0.4, 0.5) is 0 Å². The molecule has 120 valence electrons. The van der Waals surface area contributed by atoms with E-state index in [0.29, 0.717) is 19.8 Å². The normalized spacial score (nSPS) is 11.2. The van der Waals surface area contributed by atoms with E-state index in [2.05, 4.69) is 14.9 Å². The molecule has 0 radical (unpaired) electrons. The summed E-state index contributed by atoms with van der Waals surface area (Å²) in [6.45, 7) is 3.52. The molecule has 7 heteroatoms. The van der Waals surface area contributed by atoms with Crippen molar-refractivity contribution in [2.24, 2.45) is 0 Å². The third kappa shape index (κ3) is 4.74. The molecule has 0 atom stereocenters. The molecule has 0 spiro atoms. The lowest BCUT2D eigenvalue weighted by Crippen LogP contribution is -2.30. The Labute approximate surface area is 133 Å². The Morgan fingerprint density at radius 2 is 1.95 bits per heavy atom. The van der Waals surface area contributed by atoms with E-state index in [9.17, 15) is 4.79 Å². The second-order valence-corrected chi connectivity index (χ2v) is 5.86. The number of aromatic amines is 1. The summed E-state index contributed by atoms with van der Waals surface area (Å²) in [7, 11) is 3.37. The molecule has 0 saturated carbocycles. The Morgan fingerprint density at radius 1 is 1.23 bits per heavy atom. The van der Waals surface area contributed by atoms with Crippen molar-refractivity contribution in [3.05, 3.63) is 38.9 Å². The fourth-order valence-corrected chi connectivity index (χ4v) is 2.98. The van der Waals surface area contributed by atoms with Gasteiger partial charge in [0.2, 0.25) is 0 Å².